The summed E-state index contributed by atoms with van der Waals surface area (Å²) in [7, 11) is 3.60. The second kappa shape index (κ2) is 28.4. The molecule has 0 radical (unpaired) electrons. The standard InChI is InChI=1S/C11H16N2O.C7H17N3.C7H16N2O.C6H15N.C2H6.3CH4/c1-11(2,3)13-10(14)8-6-4-5-7-9(8)12;1-7(2,3)10-6(8-4)9-5;1-5(8)6(10)9-7(2,3)4;1-5-7-6(2,3)4;1-2;;;/h4-7H,12H2,1-3H3,(H,13,14);1-5H3,(H2,8,9,10);5H,8H2,1-4H3,(H,9,10);7H,5H2,1-4H3;1-2H3;3*1H4. The maximum atomic E-state index is 11.7. The third-order valence-corrected chi connectivity index (χ3v) is 4.27. The lowest BCUT2D eigenvalue weighted by Gasteiger charge is -2.22. The Morgan fingerprint density at radius 1 is 0.761 bits per heavy atom. The average molecular weight is 659 g/mol. The van der Waals surface area contributed by atoms with Crippen LogP contribution in [-0.4, -0.2) is 66.6 Å². The van der Waals surface area contributed by atoms with Crippen molar-refractivity contribution in [1.29, 1.82) is 0 Å². The van der Waals surface area contributed by atoms with Gasteiger partial charge in [-0.3, -0.25) is 14.6 Å². The molecule has 278 valence electrons. The van der Waals surface area contributed by atoms with E-state index in [2.05, 4.69) is 80.0 Å². The van der Waals surface area contributed by atoms with E-state index in [1.54, 1.807) is 32.2 Å². The predicted molar refractivity (Wildman–Crippen MR) is 210 cm³/mol. The van der Waals surface area contributed by atoms with Gasteiger partial charge in [0.2, 0.25) is 5.91 Å². The molecular formula is C36H82N8O2. The number of rotatable bonds is 3. The Balaban J connectivity index is -0.0000000869. The molecule has 0 aliphatic rings. The van der Waals surface area contributed by atoms with Crippen molar-refractivity contribution in [2.45, 2.75) is 161 Å². The van der Waals surface area contributed by atoms with Crippen LogP contribution in [0.25, 0.3) is 0 Å². The van der Waals surface area contributed by atoms with Crippen LogP contribution in [0.2, 0.25) is 0 Å². The number of aliphatic imine (C=N–C) groups is 1. The SMILES string of the molecule is C.C.C.CC.CC(C)(C)NC(=O)c1ccccc1N.CC(N)C(=O)NC(C)(C)C.CCNC(C)(C)C.CN=C(NC)NC(C)(C)C. The predicted octanol–water partition coefficient (Wildman–Crippen LogP) is 6.95. The van der Waals surface area contributed by atoms with E-state index in [9.17, 15) is 9.59 Å². The van der Waals surface area contributed by atoms with Crippen molar-refractivity contribution >= 4 is 23.5 Å². The number of nitrogens with one attached hydrogen (secondary N) is 5. The number of carbonyl (C=O) groups is 2. The molecule has 10 heteroatoms. The molecule has 0 spiro atoms. The maximum absolute atomic E-state index is 11.7. The van der Waals surface area contributed by atoms with Crippen LogP contribution >= 0.6 is 0 Å². The number of anilines is 1. The zero-order valence-corrected chi connectivity index (χ0v) is 31.0. The van der Waals surface area contributed by atoms with Crippen LogP contribution in [0.4, 0.5) is 5.69 Å². The summed E-state index contributed by atoms with van der Waals surface area (Å²) in [6.45, 7) is 33.2. The molecule has 0 heterocycles. The smallest absolute Gasteiger partial charge is 0.253 e. The van der Waals surface area contributed by atoms with Crippen molar-refractivity contribution in [3.05, 3.63) is 29.8 Å². The first-order valence-electron chi connectivity index (χ1n) is 15.2. The molecule has 1 rings (SSSR count). The number of nitrogens with zero attached hydrogens (tertiary/aromatic N) is 1. The van der Waals surface area contributed by atoms with E-state index in [0.29, 0.717) is 16.8 Å². The minimum atomic E-state index is -0.417. The Morgan fingerprint density at radius 2 is 1.15 bits per heavy atom. The van der Waals surface area contributed by atoms with Crippen molar-refractivity contribution in [3.63, 3.8) is 0 Å². The van der Waals surface area contributed by atoms with Crippen molar-refractivity contribution in [2.24, 2.45) is 10.7 Å². The fourth-order valence-corrected chi connectivity index (χ4v) is 2.71. The first-order valence-corrected chi connectivity index (χ1v) is 15.2. The lowest BCUT2D eigenvalue weighted by atomic mass is 10.1. The fourth-order valence-electron chi connectivity index (χ4n) is 2.71. The molecule has 0 fully saturated rings. The van der Waals surface area contributed by atoms with Crippen LogP contribution in [0.1, 0.15) is 143 Å². The Kier molecular flexibility index (Phi) is 36.2. The third-order valence-electron chi connectivity index (χ3n) is 4.27. The highest BCUT2D eigenvalue weighted by Crippen LogP contribution is 2.11. The number of hydrogen-bond donors (Lipinski definition) is 7. The quantitative estimate of drug-likeness (QED) is 0.105. The second-order valence-corrected chi connectivity index (χ2v) is 13.8. The van der Waals surface area contributed by atoms with E-state index in [4.69, 9.17) is 11.5 Å². The van der Waals surface area contributed by atoms with Crippen molar-refractivity contribution < 1.29 is 9.59 Å². The number of nitrogen functional groups attached to an aromatic ring is 1. The van der Waals surface area contributed by atoms with Gasteiger partial charge in [-0.15, -0.1) is 0 Å². The molecule has 9 N–H and O–H groups in total. The minimum absolute atomic E-state index is 0. The van der Waals surface area contributed by atoms with Crippen molar-refractivity contribution in [2.75, 3.05) is 26.4 Å². The summed E-state index contributed by atoms with van der Waals surface area (Å²) in [5, 5.41) is 15.0. The summed E-state index contributed by atoms with van der Waals surface area (Å²) in [6, 6.07) is 6.63. The Bertz CT molecular complexity index is 902. The molecule has 1 atom stereocenters. The number of hydrogen-bond acceptors (Lipinski definition) is 6. The number of nitrogens with two attached hydrogens (primary N) is 2. The van der Waals surface area contributed by atoms with E-state index in [1.165, 1.54) is 0 Å². The molecule has 1 aromatic rings. The molecule has 0 aromatic heterocycles. The average Bonchev–Trinajstić information content (AvgIpc) is 2.82. The molecule has 2 amide bonds. The first kappa shape index (κ1) is 58.7. The van der Waals surface area contributed by atoms with Gasteiger partial charge in [0.05, 0.1) is 11.6 Å². The summed E-state index contributed by atoms with van der Waals surface area (Å²) < 4.78 is 0. The van der Waals surface area contributed by atoms with Crippen LogP contribution < -0.4 is 38.1 Å². The highest BCUT2D eigenvalue weighted by Gasteiger charge is 2.17. The zero-order valence-electron chi connectivity index (χ0n) is 31.0. The van der Waals surface area contributed by atoms with Crippen LogP contribution in [-0.2, 0) is 4.79 Å². The van der Waals surface area contributed by atoms with Gasteiger partial charge in [-0.05, 0) is 109 Å². The molecular weight excluding hydrogens is 576 g/mol. The monoisotopic (exact) mass is 659 g/mol. The van der Waals surface area contributed by atoms with E-state index in [0.717, 1.165) is 12.5 Å². The van der Waals surface area contributed by atoms with Crippen molar-refractivity contribution in [1.82, 2.24) is 26.6 Å². The number of guanidine groups is 1. The molecule has 1 aromatic carbocycles. The molecule has 0 bridgehead atoms. The summed E-state index contributed by atoms with van der Waals surface area (Å²) in [5.74, 6) is 0.593. The van der Waals surface area contributed by atoms with E-state index in [-0.39, 0.29) is 50.7 Å². The lowest BCUT2D eigenvalue weighted by molar-refractivity contribution is -0.123. The van der Waals surface area contributed by atoms with Gasteiger partial charge in [0.25, 0.3) is 5.91 Å². The molecule has 1 unspecified atom stereocenters. The third kappa shape index (κ3) is 43.3. The molecule has 0 saturated heterocycles. The molecule has 0 aliphatic heterocycles. The minimum Gasteiger partial charge on any atom is -0.398 e. The highest BCUT2D eigenvalue weighted by atomic mass is 16.2. The number of carbonyl (C=O) groups excluding carboxylic acids is 2. The van der Waals surface area contributed by atoms with Crippen LogP contribution in [0, 0.1) is 0 Å². The molecule has 46 heavy (non-hydrogen) atoms. The summed E-state index contributed by atoms with van der Waals surface area (Å²) in [6.07, 6.45) is 0. The van der Waals surface area contributed by atoms with E-state index < -0.39 is 6.04 Å². The summed E-state index contributed by atoms with van der Waals surface area (Å²) in [5.41, 5.74) is 12.0. The number of para-hydroxylation sites is 1. The number of amides is 2. The van der Waals surface area contributed by atoms with Gasteiger partial charge in [0.1, 0.15) is 0 Å². The van der Waals surface area contributed by atoms with E-state index >= 15 is 0 Å². The number of benzene rings is 1. The molecule has 0 aliphatic carbocycles. The first-order chi connectivity index (χ1) is 19.3. The summed E-state index contributed by atoms with van der Waals surface area (Å²) >= 11 is 0. The Labute approximate surface area is 287 Å². The molecule has 0 saturated carbocycles. The highest BCUT2D eigenvalue weighted by molar-refractivity contribution is 5.99. The van der Waals surface area contributed by atoms with Crippen LogP contribution in [0.3, 0.4) is 0 Å². The lowest BCUT2D eigenvalue weighted by Crippen LogP contribution is -2.47. The van der Waals surface area contributed by atoms with Crippen molar-refractivity contribution in [3.8, 4) is 0 Å². The topological polar surface area (TPSA) is 159 Å². The van der Waals surface area contributed by atoms with Gasteiger partial charge in [-0.2, -0.15) is 0 Å². The Hall–Kier alpha value is -2.85. The van der Waals surface area contributed by atoms with Gasteiger partial charge < -0.3 is 38.1 Å². The van der Waals surface area contributed by atoms with Gasteiger partial charge in [0, 0.05) is 41.9 Å². The van der Waals surface area contributed by atoms with Gasteiger partial charge in [-0.1, -0.05) is 55.2 Å². The van der Waals surface area contributed by atoms with E-state index in [1.807, 2.05) is 68.5 Å². The van der Waals surface area contributed by atoms with Crippen LogP contribution in [0.5, 0.6) is 0 Å². The normalized spacial score (nSPS) is 11.3. The van der Waals surface area contributed by atoms with Gasteiger partial charge in [-0.25, -0.2) is 0 Å². The molecule has 10 nitrogen and oxygen atoms in total. The Morgan fingerprint density at radius 3 is 1.35 bits per heavy atom. The zero-order chi connectivity index (χ0) is 35.2. The maximum Gasteiger partial charge on any atom is 0.253 e. The fraction of sp³-hybridized carbons (Fsp3) is 0.750. The van der Waals surface area contributed by atoms with Crippen LogP contribution in [0.15, 0.2) is 29.3 Å². The van der Waals surface area contributed by atoms with Gasteiger partial charge in [0.15, 0.2) is 5.96 Å². The van der Waals surface area contributed by atoms with Gasteiger partial charge >= 0.3 is 0 Å². The second-order valence-electron chi connectivity index (χ2n) is 13.8. The summed E-state index contributed by atoms with van der Waals surface area (Å²) in [4.78, 5) is 26.6. The largest absolute Gasteiger partial charge is 0.398 e.